The molecule has 0 aromatic rings. The molecule has 0 aromatic carbocycles. The monoisotopic (exact) mass is 200 g/mol. The largest absolute Gasteiger partial charge is 0.393 e. The molecule has 0 bridgehead atoms. The van der Waals surface area contributed by atoms with E-state index in [0.29, 0.717) is 11.3 Å². The molecular weight excluding hydrogens is 172 g/mol. The number of aliphatic hydroxyl groups is 1. The van der Waals surface area contributed by atoms with Gasteiger partial charge in [0.2, 0.25) is 0 Å². The number of hydrogen-bond donors (Lipinski definition) is 1. The van der Waals surface area contributed by atoms with Crippen molar-refractivity contribution in [3.05, 3.63) is 0 Å². The molecule has 0 saturated heterocycles. The predicted octanol–water partition coefficient (Wildman–Crippen LogP) is 3.86. The Morgan fingerprint density at radius 1 is 0.857 bits per heavy atom. The molecule has 0 saturated carbocycles. The third kappa shape index (κ3) is 7.37. The molecule has 0 radical (unpaired) electrons. The van der Waals surface area contributed by atoms with Gasteiger partial charge in [-0.25, -0.2) is 0 Å². The van der Waals surface area contributed by atoms with Crippen LogP contribution in [0.1, 0.15) is 61.3 Å². The topological polar surface area (TPSA) is 20.2 Å². The minimum atomic E-state index is -0.158. The van der Waals surface area contributed by atoms with Crippen molar-refractivity contribution >= 4 is 0 Å². The van der Waals surface area contributed by atoms with Gasteiger partial charge in [0.25, 0.3) is 0 Å². The molecule has 0 heterocycles. The normalized spacial score (nSPS) is 18.0. The van der Waals surface area contributed by atoms with E-state index in [-0.39, 0.29) is 11.5 Å². The van der Waals surface area contributed by atoms with E-state index < -0.39 is 0 Å². The van der Waals surface area contributed by atoms with Crippen LogP contribution in [0.25, 0.3) is 0 Å². The molecular formula is C13H28O. The highest BCUT2D eigenvalue weighted by atomic mass is 16.3. The first-order valence-electron chi connectivity index (χ1n) is 5.69. The Kier molecular flexibility index (Phi) is 4.64. The summed E-state index contributed by atoms with van der Waals surface area (Å²) in [5.74, 6) is 0.397. The van der Waals surface area contributed by atoms with Gasteiger partial charge in [-0.1, -0.05) is 48.5 Å². The van der Waals surface area contributed by atoms with E-state index in [9.17, 15) is 5.11 Å². The molecule has 0 spiro atoms. The minimum absolute atomic E-state index is 0.158. The highest BCUT2D eigenvalue weighted by Gasteiger charge is 2.25. The summed E-state index contributed by atoms with van der Waals surface area (Å²) in [6.07, 6.45) is 1.82. The molecule has 86 valence electrons. The first kappa shape index (κ1) is 14.0. The van der Waals surface area contributed by atoms with Gasteiger partial charge in [0.05, 0.1) is 6.10 Å². The van der Waals surface area contributed by atoms with Crippen LogP contribution in [0.2, 0.25) is 0 Å². The minimum Gasteiger partial charge on any atom is -0.393 e. The second-order valence-electron chi connectivity index (χ2n) is 7.07. The molecule has 0 aliphatic carbocycles. The number of hydrogen-bond acceptors (Lipinski definition) is 1. The number of rotatable bonds is 3. The molecule has 0 aliphatic rings. The van der Waals surface area contributed by atoms with Crippen molar-refractivity contribution in [2.75, 3.05) is 0 Å². The van der Waals surface area contributed by atoms with Gasteiger partial charge in [0.15, 0.2) is 0 Å². The summed E-state index contributed by atoms with van der Waals surface area (Å²) in [6, 6.07) is 0. The Hall–Kier alpha value is -0.0400. The molecule has 0 aliphatic heterocycles. The summed E-state index contributed by atoms with van der Waals surface area (Å²) in [6.45, 7) is 15.4. The average Bonchev–Trinajstić information content (AvgIpc) is 1.78. The zero-order chi connectivity index (χ0) is 11.6. The second kappa shape index (κ2) is 4.65. The maximum Gasteiger partial charge on any atom is 0.0570 e. The molecule has 0 amide bonds. The lowest BCUT2D eigenvalue weighted by molar-refractivity contribution is 0.0549. The van der Waals surface area contributed by atoms with Gasteiger partial charge in [-0.3, -0.25) is 0 Å². The third-order valence-corrected chi connectivity index (χ3v) is 2.41. The van der Waals surface area contributed by atoms with Crippen molar-refractivity contribution in [1.29, 1.82) is 0 Å². The molecule has 0 aromatic heterocycles. The predicted molar refractivity (Wildman–Crippen MR) is 63.3 cm³/mol. The van der Waals surface area contributed by atoms with Crippen molar-refractivity contribution in [3.8, 4) is 0 Å². The highest BCUT2D eigenvalue weighted by molar-refractivity contribution is 4.76. The summed E-state index contributed by atoms with van der Waals surface area (Å²) in [7, 11) is 0. The van der Waals surface area contributed by atoms with Gasteiger partial charge in [-0.2, -0.15) is 0 Å². The van der Waals surface area contributed by atoms with E-state index in [1.165, 1.54) is 0 Å². The van der Waals surface area contributed by atoms with E-state index in [1.54, 1.807) is 0 Å². The number of aliphatic hydroxyl groups excluding tert-OH is 1. The first-order chi connectivity index (χ1) is 6.01. The van der Waals surface area contributed by atoms with E-state index >= 15 is 0 Å². The van der Waals surface area contributed by atoms with E-state index in [0.717, 1.165) is 12.8 Å². The quantitative estimate of drug-likeness (QED) is 0.733. The summed E-state index contributed by atoms with van der Waals surface area (Å²) in [5.41, 5.74) is 0.545. The zero-order valence-corrected chi connectivity index (χ0v) is 11.0. The summed E-state index contributed by atoms with van der Waals surface area (Å²) in [5, 5.41) is 10.0. The van der Waals surface area contributed by atoms with Crippen molar-refractivity contribution in [2.45, 2.75) is 67.4 Å². The highest BCUT2D eigenvalue weighted by Crippen LogP contribution is 2.30. The summed E-state index contributed by atoms with van der Waals surface area (Å²) in [4.78, 5) is 0. The average molecular weight is 200 g/mol. The SMILES string of the molecule is CC(CC(C)(C)C)C(O)CC(C)(C)C. The molecule has 2 unspecified atom stereocenters. The maximum absolute atomic E-state index is 10.0. The molecule has 2 atom stereocenters. The lowest BCUT2D eigenvalue weighted by atomic mass is 9.78. The van der Waals surface area contributed by atoms with Crippen LogP contribution < -0.4 is 0 Å². The van der Waals surface area contributed by atoms with Crippen molar-refractivity contribution in [3.63, 3.8) is 0 Å². The van der Waals surface area contributed by atoms with Crippen LogP contribution in [-0.4, -0.2) is 11.2 Å². The molecule has 1 N–H and O–H groups in total. The van der Waals surface area contributed by atoms with Crippen LogP contribution in [0.3, 0.4) is 0 Å². The Balaban J connectivity index is 4.07. The molecule has 1 heteroatoms. The summed E-state index contributed by atoms with van der Waals surface area (Å²) >= 11 is 0. The Morgan fingerprint density at radius 2 is 1.21 bits per heavy atom. The Labute approximate surface area is 89.9 Å². The fraction of sp³-hybridized carbons (Fsp3) is 1.00. The molecule has 0 rings (SSSR count). The van der Waals surface area contributed by atoms with Crippen molar-refractivity contribution < 1.29 is 5.11 Å². The molecule has 14 heavy (non-hydrogen) atoms. The zero-order valence-electron chi connectivity index (χ0n) is 11.0. The van der Waals surface area contributed by atoms with Gasteiger partial charge in [0, 0.05) is 0 Å². The Morgan fingerprint density at radius 3 is 1.50 bits per heavy atom. The third-order valence-electron chi connectivity index (χ3n) is 2.41. The Bertz CT molecular complexity index is 139. The van der Waals surface area contributed by atoms with Gasteiger partial charge < -0.3 is 5.11 Å². The van der Waals surface area contributed by atoms with Crippen LogP contribution in [0.15, 0.2) is 0 Å². The van der Waals surface area contributed by atoms with Crippen LogP contribution in [0.4, 0.5) is 0 Å². The first-order valence-corrected chi connectivity index (χ1v) is 5.69. The second-order valence-corrected chi connectivity index (χ2v) is 7.07. The van der Waals surface area contributed by atoms with Gasteiger partial charge in [0.1, 0.15) is 0 Å². The van der Waals surface area contributed by atoms with Gasteiger partial charge in [-0.15, -0.1) is 0 Å². The molecule has 1 nitrogen and oxygen atoms in total. The van der Waals surface area contributed by atoms with Crippen LogP contribution in [0, 0.1) is 16.7 Å². The lowest BCUT2D eigenvalue weighted by Gasteiger charge is -2.30. The molecule has 0 fully saturated rings. The van der Waals surface area contributed by atoms with Crippen LogP contribution in [-0.2, 0) is 0 Å². The summed E-state index contributed by atoms with van der Waals surface area (Å²) < 4.78 is 0. The standard InChI is InChI=1S/C13H28O/c1-10(8-12(2,3)4)11(14)9-13(5,6)7/h10-11,14H,8-9H2,1-7H3. The van der Waals surface area contributed by atoms with E-state index in [1.807, 2.05) is 0 Å². The fourth-order valence-electron chi connectivity index (χ4n) is 1.93. The maximum atomic E-state index is 10.0. The van der Waals surface area contributed by atoms with Crippen LogP contribution in [0.5, 0.6) is 0 Å². The van der Waals surface area contributed by atoms with E-state index in [4.69, 9.17) is 0 Å². The van der Waals surface area contributed by atoms with Crippen molar-refractivity contribution in [2.24, 2.45) is 16.7 Å². The van der Waals surface area contributed by atoms with Gasteiger partial charge in [-0.05, 0) is 29.6 Å². The fourth-order valence-corrected chi connectivity index (χ4v) is 1.93. The lowest BCUT2D eigenvalue weighted by Crippen LogP contribution is -2.27. The smallest absolute Gasteiger partial charge is 0.0570 e. The van der Waals surface area contributed by atoms with E-state index in [2.05, 4.69) is 48.5 Å². The van der Waals surface area contributed by atoms with Gasteiger partial charge >= 0.3 is 0 Å². The van der Waals surface area contributed by atoms with Crippen LogP contribution >= 0.6 is 0 Å². The van der Waals surface area contributed by atoms with Crippen molar-refractivity contribution in [1.82, 2.24) is 0 Å².